The van der Waals surface area contributed by atoms with Crippen molar-refractivity contribution in [3.63, 3.8) is 0 Å². The number of allylic oxidation sites excluding steroid dienone is 2. The van der Waals surface area contributed by atoms with E-state index in [1.807, 2.05) is 0 Å². The first-order chi connectivity index (χ1) is 56.7. The third-order valence-electron chi connectivity index (χ3n) is 23.3. The standard InChI is InChI=1S/C91H169O25P/c1-5-9-13-17-21-25-29-33-35-37-41-43-47-51-55-59-63-74(93)107-68-71(110-76(95)65-61-57-53-49-45-39-31-27-23-19-15-11-7-3)69-109-117(105,106)116-89-87(114-90-84(103)80(99)78(97)72(67-92)111-90)83(102)82(101)86(113-77(96)66-62-58-54-50-46-40-32-28-24-20-16-12-8-4)88(89)115-91-85(104)81(100)79(98)73(112-91)70-108-75(94)64-60-56-52-48-44-42-38-36-34-30-26-22-18-14-10-6-2/h40,46,71-73,78-92,97-104H,5-39,41-45,47-70H2,1-4H3,(H,105,106)/b46-40-. The number of unbranched alkanes of at least 4 members (excludes halogenated alkanes) is 51. The highest BCUT2D eigenvalue weighted by Gasteiger charge is 2.60. The van der Waals surface area contributed by atoms with Crippen LogP contribution in [0.15, 0.2) is 12.2 Å². The number of rotatable bonds is 77. The van der Waals surface area contributed by atoms with Crippen LogP contribution in [-0.2, 0) is 70.7 Å². The van der Waals surface area contributed by atoms with Crippen LogP contribution >= 0.6 is 7.82 Å². The van der Waals surface area contributed by atoms with Crippen LogP contribution in [0.1, 0.15) is 413 Å². The molecule has 3 aliphatic rings. The Morgan fingerprint density at radius 2 is 0.641 bits per heavy atom. The fraction of sp³-hybridized carbons (Fsp3) is 0.934. The van der Waals surface area contributed by atoms with Crippen molar-refractivity contribution in [3.05, 3.63) is 12.2 Å². The lowest BCUT2D eigenvalue weighted by molar-refractivity contribution is -0.360. The molecule has 0 radical (unpaired) electrons. The topological polar surface area (TPSA) is 380 Å². The fourth-order valence-corrected chi connectivity index (χ4v) is 16.7. The molecule has 0 bridgehead atoms. The Hall–Kier alpha value is -2.79. The number of hydrogen-bond donors (Lipinski definition) is 10. The molecule has 2 saturated heterocycles. The maximum Gasteiger partial charge on any atom is 0.472 e. The van der Waals surface area contributed by atoms with Gasteiger partial charge < -0.3 is 88.7 Å². The molecule has 688 valence electrons. The molecular formula is C91H169O25P. The highest BCUT2D eigenvalue weighted by molar-refractivity contribution is 7.47. The summed E-state index contributed by atoms with van der Waals surface area (Å²) in [5.41, 5.74) is 0. The second kappa shape index (κ2) is 70.5. The highest BCUT2D eigenvalue weighted by Crippen LogP contribution is 2.49. The van der Waals surface area contributed by atoms with E-state index < -0.39 is 162 Å². The van der Waals surface area contributed by atoms with Crippen LogP contribution in [0.2, 0.25) is 0 Å². The lowest BCUT2D eigenvalue weighted by atomic mass is 9.84. The molecule has 25 nitrogen and oxygen atoms in total. The van der Waals surface area contributed by atoms with Gasteiger partial charge in [0.2, 0.25) is 0 Å². The molecule has 18 atom stereocenters. The van der Waals surface area contributed by atoms with Crippen molar-refractivity contribution in [2.75, 3.05) is 26.4 Å². The molecule has 2 aliphatic heterocycles. The minimum absolute atomic E-state index is 0.0175. The average Bonchev–Trinajstić information content (AvgIpc) is 0.754. The number of ether oxygens (including phenoxy) is 8. The summed E-state index contributed by atoms with van der Waals surface area (Å²) < 4.78 is 73.4. The molecule has 3 rings (SSSR count). The molecule has 10 N–H and O–H groups in total. The molecule has 2 heterocycles. The third-order valence-corrected chi connectivity index (χ3v) is 24.3. The molecule has 18 unspecified atom stereocenters. The van der Waals surface area contributed by atoms with Crippen LogP contribution in [0.4, 0.5) is 0 Å². The molecule has 0 spiro atoms. The Balaban J connectivity index is 1.90. The van der Waals surface area contributed by atoms with Crippen LogP contribution in [-0.4, -0.2) is 205 Å². The van der Waals surface area contributed by atoms with Gasteiger partial charge >= 0.3 is 31.7 Å². The predicted octanol–water partition coefficient (Wildman–Crippen LogP) is 17.6. The van der Waals surface area contributed by atoms with E-state index in [1.54, 1.807) is 0 Å². The molecule has 3 fully saturated rings. The Morgan fingerprint density at radius 3 is 1.03 bits per heavy atom. The van der Waals surface area contributed by atoms with Crippen molar-refractivity contribution in [2.24, 2.45) is 0 Å². The minimum atomic E-state index is -5.81. The summed E-state index contributed by atoms with van der Waals surface area (Å²) in [5.74, 6) is -2.97. The predicted molar refractivity (Wildman–Crippen MR) is 453 cm³/mol. The summed E-state index contributed by atoms with van der Waals surface area (Å²) >= 11 is 0. The third kappa shape index (κ3) is 50.7. The van der Waals surface area contributed by atoms with Crippen molar-refractivity contribution in [2.45, 2.75) is 517 Å². The summed E-state index contributed by atoms with van der Waals surface area (Å²) in [6, 6.07) is 0. The molecule has 1 saturated carbocycles. The van der Waals surface area contributed by atoms with Crippen LogP contribution in [0.25, 0.3) is 0 Å². The molecule has 0 aromatic carbocycles. The van der Waals surface area contributed by atoms with Gasteiger partial charge in [0.15, 0.2) is 24.8 Å². The molecule has 26 heteroatoms. The van der Waals surface area contributed by atoms with Gasteiger partial charge in [-0.3, -0.25) is 28.2 Å². The largest absolute Gasteiger partial charge is 0.472 e. The van der Waals surface area contributed by atoms with Gasteiger partial charge in [0.1, 0.15) is 92.6 Å². The van der Waals surface area contributed by atoms with Gasteiger partial charge in [-0.05, 0) is 51.4 Å². The molecular weight excluding hydrogens is 1520 g/mol. The van der Waals surface area contributed by atoms with E-state index in [2.05, 4.69) is 39.8 Å². The van der Waals surface area contributed by atoms with Crippen molar-refractivity contribution in [1.29, 1.82) is 0 Å². The molecule has 0 aromatic heterocycles. The van der Waals surface area contributed by atoms with Gasteiger partial charge in [-0.25, -0.2) is 4.57 Å². The lowest BCUT2D eigenvalue weighted by Crippen LogP contribution is -2.70. The summed E-state index contributed by atoms with van der Waals surface area (Å²) in [5, 5.41) is 102. The number of phosphoric ester groups is 1. The van der Waals surface area contributed by atoms with Gasteiger partial charge in [0.25, 0.3) is 0 Å². The fourth-order valence-electron chi connectivity index (χ4n) is 15.7. The first-order valence-corrected chi connectivity index (χ1v) is 48.9. The average molecular weight is 1690 g/mol. The quantitative estimate of drug-likeness (QED) is 0.00889. The van der Waals surface area contributed by atoms with E-state index in [0.717, 1.165) is 122 Å². The number of phosphoric acid groups is 1. The van der Waals surface area contributed by atoms with Crippen LogP contribution in [0, 0.1) is 0 Å². The second-order valence-electron chi connectivity index (χ2n) is 33.9. The minimum Gasteiger partial charge on any atom is -0.463 e. The Kier molecular flexibility index (Phi) is 65.3. The first-order valence-electron chi connectivity index (χ1n) is 47.4. The zero-order valence-corrected chi connectivity index (χ0v) is 74.2. The Labute approximate surface area is 705 Å². The molecule has 1 aliphatic carbocycles. The highest BCUT2D eigenvalue weighted by atomic mass is 31.2. The van der Waals surface area contributed by atoms with Gasteiger partial charge in [0.05, 0.1) is 13.2 Å². The monoisotopic (exact) mass is 1690 g/mol. The normalized spacial score (nSPS) is 25.0. The van der Waals surface area contributed by atoms with E-state index >= 15 is 0 Å². The summed E-state index contributed by atoms with van der Waals surface area (Å²) in [6.45, 7) is 5.61. The smallest absolute Gasteiger partial charge is 0.463 e. The Bertz CT molecular complexity index is 2480. The molecule has 0 aromatic rings. The van der Waals surface area contributed by atoms with E-state index in [4.69, 9.17) is 46.9 Å². The summed E-state index contributed by atoms with van der Waals surface area (Å²) in [6.07, 6.45) is 29.2. The van der Waals surface area contributed by atoms with Crippen molar-refractivity contribution >= 4 is 31.7 Å². The van der Waals surface area contributed by atoms with Crippen LogP contribution < -0.4 is 0 Å². The van der Waals surface area contributed by atoms with Crippen LogP contribution in [0.3, 0.4) is 0 Å². The number of carbonyl (C=O) groups excluding carboxylic acids is 4. The first kappa shape index (κ1) is 108. The van der Waals surface area contributed by atoms with Gasteiger partial charge in [0, 0.05) is 25.7 Å². The van der Waals surface area contributed by atoms with Crippen molar-refractivity contribution in [3.8, 4) is 0 Å². The summed E-state index contributed by atoms with van der Waals surface area (Å²) in [4.78, 5) is 66.4. The zero-order valence-electron chi connectivity index (χ0n) is 73.3. The Morgan fingerprint density at radius 1 is 0.333 bits per heavy atom. The van der Waals surface area contributed by atoms with E-state index in [1.165, 1.54) is 199 Å². The summed E-state index contributed by atoms with van der Waals surface area (Å²) in [7, 11) is -5.81. The van der Waals surface area contributed by atoms with E-state index in [0.29, 0.717) is 32.1 Å². The van der Waals surface area contributed by atoms with Crippen molar-refractivity contribution < 1.29 is 122 Å². The van der Waals surface area contributed by atoms with E-state index in [-0.39, 0.29) is 32.1 Å². The number of esters is 4. The number of carbonyl (C=O) groups is 4. The van der Waals surface area contributed by atoms with Gasteiger partial charge in [-0.15, -0.1) is 0 Å². The molecule has 0 amide bonds. The van der Waals surface area contributed by atoms with Crippen molar-refractivity contribution in [1.82, 2.24) is 0 Å². The second-order valence-corrected chi connectivity index (χ2v) is 35.3. The maximum atomic E-state index is 14.9. The zero-order chi connectivity index (χ0) is 85.4. The number of aliphatic hydroxyl groups is 9. The SMILES string of the molecule is CCCCCCCC/C=C\CCCCCC(=O)OC1C(O)C(O)C(OC2OC(CO)C(O)C(O)C2O)C(OP(=O)(O)OCC(COC(=O)CCCCCCCCCCCCCCCCCC)OC(=O)CCCCCCCCCCCCCCC)C1OC1OC(COC(=O)CCCCCCCCCCCCCCCCCC)C(O)C(O)C1O. The molecule has 117 heavy (non-hydrogen) atoms. The van der Waals surface area contributed by atoms with Gasteiger partial charge in [-0.1, -0.05) is 348 Å². The van der Waals surface area contributed by atoms with Gasteiger partial charge in [-0.2, -0.15) is 0 Å². The van der Waals surface area contributed by atoms with E-state index in [9.17, 15) is 74.6 Å². The maximum absolute atomic E-state index is 14.9. The number of aliphatic hydroxyl groups excluding tert-OH is 9. The van der Waals surface area contributed by atoms with Crippen LogP contribution in [0.5, 0.6) is 0 Å². The number of hydrogen-bond acceptors (Lipinski definition) is 24. The lowest BCUT2D eigenvalue weighted by Gasteiger charge is -2.50.